The molecule has 1 heterocycles. The Morgan fingerprint density at radius 1 is 1.37 bits per heavy atom. The Morgan fingerprint density at radius 3 is 2.58 bits per heavy atom. The van der Waals surface area contributed by atoms with Crippen LogP contribution in [0.25, 0.3) is 0 Å². The molecule has 1 aliphatic rings. The van der Waals surface area contributed by atoms with Gasteiger partial charge < -0.3 is 14.9 Å². The standard InChI is InChI=1S/C10H9N2O6P/c13-9-5-8(10(14)15)11-12(9)6-2-1-3-7(4-6)19(16,17)18/h1-4H,5H2,(H,14,15)(H2,16,17,18). The zero-order valence-corrected chi connectivity index (χ0v) is 10.3. The first-order chi connectivity index (χ1) is 8.79. The molecule has 0 unspecified atom stereocenters. The first kappa shape index (κ1) is 13.4. The molecule has 100 valence electrons. The quantitative estimate of drug-likeness (QED) is 0.652. The van der Waals surface area contributed by atoms with Gasteiger partial charge in [-0.05, 0) is 18.2 Å². The molecule has 0 bridgehead atoms. The molecule has 9 heteroatoms. The number of benzene rings is 1. The van der Waals surface area contributed by atoms with E-state index in [1.165, 1.54) is 18.2 Å². The van der Waals surface area contributed by atoms with Crippen LogP contribution >= 0.6 is 7.60 Å². The van der Waals surface area contributed by atoms with Crippen molar-refractivity contribution in [3.05, 3.63) is 24.3 Å². The number of hydrogen-bond acceptors (Lipinski definition) is 4. The Labute approximate surface area is 107 Å². The molecule has 1 aromatic carbocycles. The SMILES string of the molecule is O=C(O)C1=NN(c2cccc(P(=O)(O)O)c2)C(=O)C1. The van der Waals surface area contributed by atoms with Gasteiger partial charge in [0.1, 0.15) is 0 Å². The van der Waals surface area contributed by atoms with Crippen molar-refractivity contribution in [1.82, 2.24) is 0 Å². The predicted octanol–water partition coefficient (Wildman–Crippen LogP) is -0.333. The number of carboxylic acids is 1. The highest BCUT2D eigenvalue weighted by molar-refractivity contribution is 7.60. The van der Waals surface area contributed by atoms with Crippen molar-refractivity contribution in [3.8, 4) is 0 Å². The maximum Gasteiger partial charge on any atom is 0.356 e. The molecule has 1 amide bonds. The lowest BCUT2D eigenvalue weighted by molar-refractivity contribution is -0.129. The summed E-state index contributed by atoms with van der Waals surface area (Å²) >= 11 is 0. The van der Waals surface area contributed by atoms with Gasteiger partial charge in [-0.3, -0.25) is 9.36 Å². The smallest absolute Gasteiger partial charge is 0.356 e. The summed E-state index contributed by atoms with van der Waals surface area (Å²) in [6.45, 7) is 0. The number of rotatable bonds is 3. The normalized spacial score (nSPS) is 15.6. The summed E-state index contributed by atoms with van der Waals surface area (Å²) in [7, 11) is -4.44. The van der Waals surface area contributed by atoms with Crippen molar-refractivity contribution >= 4 is 36.2 Å². The Bertz CT molecular complexity index is 635. The summed E-state index contributed by atoms with van der Waals surface area (Å²) in [4.78, 5) is 40.4. The second-order valence-electron chi connectivity index (χ2n) is 3.80. The molecule has 2 rings (SSSR count). The van der Waals surface area contributed by atoms with E-state index in [1.54, 1.807) is 0 Å². The van der Waals surface area contributed by atoms with Crippen molar-refractivity contribution in [2.75, 3.05) is 5.01 Å². The Kier molecular flexibility index (Phi) is 3.23. The number of amides is 1. The average Bonchev–Trinajstić information content (AvgIpc) is 2.71. The predicted molar refractivity (Wildman–Crippen MR) is 65.3 cm³/mol. The summed E-state index contributed by atoms with van der Waals surface area (Å²) in [5, 5.41) is 12.9. The summed E-state index contributed by atoms with van der Waals surface area (Å²) in [5.74, 6) is -1.87. The third kappa shape index (κ3) is 2.70. The van der Waals surface area contributed by atoms with E-state index < -0.39 is 19.5 Å². The van der Waals surface area contributed by atoms with Gasteiger partial charge in [-0.25, -0.2) is 4.79 Å². The van der Waals surface area contributed by atoms with Gasteiger partial charge in [0.25, 0.3) is 5.91 Å². The highest BCUT2D eigenvalue weighted by Crippen LogP contribution is 2.34. The second-order valence-corrected chi connectivity index (χ2v) is 5.40. The molecule has 0 atom stereocenters. The van der Waals surface area contributed by atoms with Crippen LogP contribution in [-0.4, -0.2) is 32.5 Å². The Balaban J connectivity index is 2.41. The van der Waals surface area contributed by atoms with Gasteiger partial charge in [0.05, 0.1) is 17.4 Å². The van der Waals surface area contributed by atoms with Crippen LogP contribution in [0, 0.1) is 0 Å². The van der Waals surface area contributed by atoms with Crippen molar-refractivity contribution in [2.45, 2.75) is 6.42 Å². The van der Waals surface area contributed by atoms with Crippen molar-refractivity contribution < 1.29 is 29.0 Å². The van der Waals surface area contributed by atoms with Crippen molar-refractivity contribution in [1.29, 1.82) is 0 Å². The van der Waals surface area contributed by atoms with Crippen molar-refractivity contribution in [3.63, 3.8) is 0 Å². The molecular weight excluding hydrogens is 275 g/mol. The highest BCUT2D eigenvalue weighted by atomic mass is 31.2. The zero-order chi connectivity index (χ0) is 14.2. The third-order valence-corrected chi connectivity index (χ3v) is 3.38. The van der Waals surface area contributed by atoms with Gasteiger partial charge in [-0.2, -0.15) is 10.1 Å². The van der Waals surface area contributed by atoms with E-state index in [-0.39, 0.29) is 23.1 Å². The van der Waals surface area contributed by atoms with Crippen molar-refractivity contribution in [2.24, 2.45) is 5.10 Å². The molecule has 0 saturated carbocycles. The molecule has 0 aromatic heterocycles. The fraction of sp³-hybridized carbons (Fsp3) is 0.100. The molecule has 3 N–H and O–H groups in total. The van der Waals surface area contributed by atoms with Crippen LogP contribution in [0.2, 0.25) is 0 Å². The zero-order valence-electron chi connectivity index (χ0n) is 9.42. The van der Waals surface area contributed by atoms with Gasteiger partial charge in [-0.15, -0.1) is 0 Å². The molecular formula is C10H9N2O6P. The summed E-state index contributed by atoms with van der Waals surface area (Å²) in [5.41, 5.74) is -0.200. The number of aliphatic carboxylic acids is 1. The minimum absolute atomic E-state index is 0.113. The average molecular weight is 284 g/mol. The van der Waals surface area contributed by atoms with E-state index in [1.807, 2.05) is 0 Å². The molecule has 0 radical (unpaired) electrons. The number of carbonyl (C=O) groups is 2. The van der Waals surface area contributed by atoms with Crippen LogP contribution in [-0.2, 0) is 14.2 Å². The molecule has 0 fully saturated rings. The number of carbonyl (C=O) groups excluding carboxylic acids is 1. The van der Waals surface area contributed by atoms with E-state index in [0.29, 0.717) is 0 Å². The van der Waals surface area contributed by atoms with Gasteiger partial charge >= 0.3 is 13.6 Å². The molecule has 1 aromatic rings. The molecule has 0 aliphatic carbocycles. The van der Waals surface area contributed by atoms with Crippen LogP contribution in [0.3, 0.4) is 0 Å². The second kappa shape index (κ2) is 4.58. The minimum atomic E-state index is -4.44. The third-order valence-electron chi connectivity index (χ3n) is 2.43. The van der Waals surface area contributed by atoms with Gasteiger partial charge in [-0.1, -0.05) is 6.07 Å². The fourth-order valence-corrected chi connectivity index (χ4v) is 2.14. The maximum atomic E-state index is 11.6. The van der Waals surface area contributed by atoms with E-state index in [9.17, 15) is 14.2 Å². The fourth-order valence-electron chi connectivity index (χ4n) is 1.56. The van der Waals surface area contributed by atoms with E-state index in [0.717, 1.165) is 11.1 Å². The van der Waals surface area contributed by atoms with Crippen LogP contribution in [0.5, 0.6) is 0 Å². The molecule has 8 nitrogen and oxygen atoms in total. The Morgan fingerprint density at radius 2 is 2.05 bits per heavy atom. The minimum Gasteiger partial charge on any atom is -0.477 e. The summed E-state index contributed by atoms with van der Waals surface area (Å²) in [6.07, 6.45) is -0.352. The lowest BCUT2D eigenvalue weighted by atomic mass is 10.2. The van der Waals surface area contributed by atoms with E-state index in [2.05, 4.69) is 5.10 Å². The number of hydrogen-bond donors (Lipinski definition) is 3. The number of hydrazone groups is 1. The summed E-state index contributed by atoms with van der Waals surface area (Å²) in [6, 6.07) is 5.08. The Hall–Kier alpha value is -2.02. The van der Waals surface area contributed by atoms with E-state index in [4.69, 9.17) is 14.9 Å². The lowest BCUT2D eigenvalue weighted by Crippen LogP contribution is -2.21. The van der Waals surface area contributed by atoms with Crippen LogP contribution in [0.4, 0.5) is 5.69 Å². The highest BCUT2D eigenvalue weighted by Gasteiger charge is 2.30. The molecule has 0 spiro atoms. The topological polar surface area (TPSA) is 128 Å². The van der Waals surface area contributed by atoms with Crippen LogP contribution in [0.15, 0.2) is 29.4 Å². The first-order valence-corrected chi connectivity index (χ1v) is 6.70. The molecule has 1 aliphatic heterocycles. The number of anilines is 1. The largest absolute Gasteiger partial charge is 0.477 e. The molecule has 19 heavy (non-hydrogen) atoms. The van der Waals surface area contributed by atoms with Gasteiger partial charge in [0.2, 0.25) is 0 Å². The van der Waals surface area contributed by atoms with Gasteiger partial charge in [0, 0.05) is 0 Å². The van der Waals surface area contributed by atoms with Crippen LogP contribution in [0.1, 0.15) is 6.42 Å². The number of nitrogens with zero attached hydrogens (tertiary/aromatic N) is 2. The monoisotopic (exact) mass is 284 g/mol. The van der Waals surface area contributed by atoms with Crippen LogP contribution < -0.4 is 10.3 Å². The summed E-state index contributed by atoms with van der Waals surface area (Å²) < 4.78 is 11.1. The molecule has 0 saturated heterocycles. The van der Waals surface area contributed by atoms with E-state index >= 15 is 0 Å². The number of carboxylic acid groups (broad SMARTS) is 1. The maximum absolute atomic E-state index is 11.6. The lowest BCUT2D eigenvalue weighted by Gasteiger charge is -2.13. The van der Waals surface area contributed by atoms with Gasteiger partial charge in [0.15, 0.2) is 5.71 Å². The first-order valence-electron chi connectivity index (χ1n) is 5.09.